The minimum absolute atomic E-state index is 0.279. The number of nitrogens with zero attached hydrogens (tertiary/aromatic N) is 2. The number of aromatic nitrogens is 1. The molecule has 4 nitrogen and oxygen atoms in total. The average molecular weight is 231 g/mol. The van der Waals surface area contributed by atoms with E-state index in [4.69, 9.17) is 15.7 Å². The van der Waals surface area contributed by atoms with Crippen LogP contribution in [0.15, 0.2) is 18.3 Å². The van der Waals surface area contributed by atoms with E-state index in [-0.39, 0.29) is 6.10 Å². The third kappa shape index (κ3) is 3.26. The van der Waals surface area contributed by atoms with Gasteiger partial charge in [0.25, 0.3) is 0 Å². The van der Waals surface area contributed by atoms with Crippen molar-refractivity contribution >= 4 is 0 Å². The van der Waals surface area contributed by atoms with Crippen LogP contribution in [0.4, 0.5) is 0 Å². The molecule has 1 aliphatic rings. The summed E-state index contributed by atoms with van der Waals surface area (Å²) >= 11 is 0. The first kappa shape index (κ1) is 12.0. The molecular weight excluding hydrogens is 214 g/mol. The van der Waals surface area contributed by atoms with Gasteiger partial charge < -0.3 is 10.5 Å². The summed E-state index contributed by atoms with van der Waals surface area (Å²) in [5.74, 6) is 0. The Bertz CT molecular complexity index is 405. The van der Waals surface area contributed by atoms with Gasteiger partial charge in [-0.1, -0.05) is 6.07 Å². The van der Waals surface area contributed by atoms with Crippen molar-refractivity contribution in [1.82, 2.24) is 4.98 Å². The Hall–Kier alpha value is -1.44. The van der Waals surface area contributed by atoms with Crippen LogP contribution in [0.1, 0.15) is 36.9 Å². The number of nitrogens with two attached hydrogens (primary N) is 1. The molecule has 2 N–H and O–H groups in total. The highest BCUT2D eigenvalue weighted by molar-refractivity contribution is 5.29. The topological polar surface area (TPSA) is 71.9 Å². The van der Waals surface area contributed by atoms with E-state index in [1.54, 1.807) is 6.20 Å². The molecule has 0 aliphatic heterocycles. The largest absolute Gasteiger partial charge is 0.373 e. The van der Waals surface area contributed by atoms with Gasteiger partial charge in [0.15, 0.2) is 0 Å². The van der Waals surface area contributed by atoms with Crippen LogP contribution >= 0.6 is 0 Å². The van der Waals surface area contributed by atoms with E-state index in [0.717, 1.165) is 31.2 Å². The second-order valence-electron chi connectivity index (χ2n) is 4.47. The molecule has 0 atom stereocenters. The van der Waals surface area contributed by atoms with Crippen LogP contribution in [0.5, 0.6) is 0 Å². The molecule has 1 fully saturated rings. The zero-order chi connectivity index (χ0) is 12.1. The third-order valence-corrected chi connectivity index (χ3v) is 3.19. The SMILES string of the molecule is N#Cc1ncccc1COC1CCC(N)CC1. The highest BCUT2D eigenvalue weighted by Crippen LogP contribution is 2.21. The molecule has 1 saturated carbocycles. The van der Waals surface area contributed by atoms with Crippen molar-refractivity contribution < 1.29 is 4.74 Å². The summed E-state index contributed by atoms with van der Waals surface area (Å²) in [6.45, 7) is 0.469. The van der Waals surface area contributed by atoms with Gasteiger partial charge in [0.2, 0.25) is 0 Å². The van der Waals surface area contributed by atoms with Gasteiger partial charge in [0, 0.05) is 17.8 Å². The van der Waals surface area contributed by atoms with E-state index in [1.165, 1.54) is 0 Å². The predicted molar refractivity (Wildman–Crippen MR) is 64.0 cm³/mol. The summed E-state index contributed by atoms with van der Waals surface area (Å²) in [5, 5.41) is 8.91. The molecule has 0 amide bonds. The summed E-state index contributed by atoms with van der Waals surface area (Å²) in [7, 11) is 0. The quantitative estimate of drug-likeness (QED) is 0.860. The number of pyridine rings is 1. The number of hydrogen-bond acceptors (Lipinski definition) is 4. The van der Waals surface area contributed by atoms with E-state index in [2.05, 4.69) is 11.1 Å². The van der Waals surface area contributed by atoms with Gasteiger partial charge in [-0.15, -0.1) is 0 Å². The monoisotopic (exact) mass is 231 g/mol. The average Bonchev–Trinajstić information content (AvgIpc) is 2.38. The Morgan fingerprint density at radius 1 is 1.41 bits per heavy atom. The van der Waals surface area contributed by atoms with Crippen LogP contribution in [0, 0.1) is 11.3 Å². The highest BCUT2D eigenvalue weighted by atomic mass is 16.5. The van der Waals surface area contributed by atoms with Crippen molar-refractivity contribution in [3.05, 3.63) is 29.6 Å². The molecule has 0 unspecified atom stereocenters. The maximum atomic E-state index is 8.91. The number of rotatable bonds is 3. The van der Waals surface area contributed by atoms with E-state index < -0.39 is 0 Å². The summed E-state index contributed by atoms with van der Waals surface area (Å²) in [5.41, 5.74) is 7.17. The second-order valence-corrected chi connectivity index (χ2v) is 4.47. The molecular formula is C13H17N3O. The fourth-order valence-corrected chi connectivity index (χ4v) is 2.12. The zero-order valence-electron chi connectivity index (χ0n) is 9.80. The molecule has 0 spiro atoms. The summed E-state index contributed by atoms with van der Waals surface area (Å²) in [6, 6.07) is 6.13. The van der Waals surface area contributed by atoms with E-state index in [1.807, 2.05) is 12.1 Å². The molecule has 90 valence electrons. The second kappa shape index (κ2) is 5.76. The molecule has 1 aromatic heterocycles. The Morgan fingerprint density at radius 3 is 2.88 bits per heavy atom. The predicted octanol–water partition coefficient (Wildman–Crippen LogP) is 1.74. The lowest BCUT2D eigenvalue weighted by molar-refractivity contribution is 0.0136. The zero-order valence-corrected chi connectivity index (χ0v) is 9.80. The van der Waals surface area contributed by atoms with Crippen LogP contribution < -0.4 is 5.73 Å². The van der Waals surface area contributed by atoms with Crippen molar-refractivity contribution in [2.45, 2.75) is 44.4 Å². The van der Waals surface area contributed by atoms with Crippen molar-refractivity contribution in [3.63, 3.8) is 0 Å². The van der Waals surface area contributed by atoms with Gasteiger partial charge >= 0.3 is 0 Å². The van der Waals surface area contributed by atoms with E-state index >= 15 is 0 Å². The molecule has 17 heavy (non-hydrogen) atoms. The van der Waals surface area contributed by atoms with Gasteiger partial charge in [-0.2, -0.15) is 5.26 Å². The van der Waals surface area contributed by atoms with Crippen LogP contribution in [-0.4, -0.2) is 17.1 Å². The summed E-state index contributed by atoms with van der Waals surface area (Å²) < 4.78 is 5.81. The molecule has 0 radical (unpaired) electrons. The lowest BCUT2D eigenvalue weighted by atomic mass is 9.94. The smallest absolute Gasteiger partial charge is 0.145 e. The maximum Gasteiger partial charge on any atom is 0.145 e. The molecule has 2 rings (SSSR count). The first-order valence-electron chi connectivity index (χ1n) is 6.01. The van der Waals surface area contributed by atoms with Crippen molar-refractivity contribution in [2.24, 2.45) is 5.73 Å². The van der Waals surface area contributed by atoms with Gasteiger partial charge in [0.1, 0.15) is 11.8 Å². The lowest BCUT2D eigenvalue weighted by Crippen LogP contribution is -2.30. The fourth-order valence-electron chi connectivity index (χ4n) is 2.12. The van der Waals surface area contributed by atoms with Crippen molar-refractivity contribution in [1.29, 1.82) is 5.26 Å². The molecule has 0 aromatic carbocycles. The van der Waals surface area contributed by atoms with Gasteiger partial charge in [0.05, 0.1) is 12.7 Å². The van der Waals surface area contributed by atoms with Crippen LogP contribution in [0.25, 0.3) is 0 Å². The molecule has 1 heterocycles. The van der Waals surface area contributed by atoms with E-state index in [9.17, 15) is 0 Å². The molecule has 4 heteroatoms. The van der Waals surface area contributed by atoms with Crippen LogP contribution in [-0.2, 0) is 11.3 Å². The lowest BCUT2D eigenvalue weighted by Gasteiger charge is -2.26. The van der Waals surface area contributed by atoms with Gasteiger partial charge in [-0.05, 0) is 31.7 Å². The Balaban J connectivity index is 1.88. The van der Waals surface area contributed by atoms with Crippen LogP contribution in [0.3, 0.4) is 0 Å². The van der Waals surface area contributed by atoms with Crippen LogP contribution in [0.2, 0.25) is 0 Å². The maximum absolute atomic E-state index is 8.91. The molecule has 0 saturated heterocycles. The standard InChI is InChI=1S/C13H17N3O/c14-8-13-10(2-1-7-16-13)9-17-12-5-3-11(15)4-6-12/h1-2,7,11-12H,3-6,9,15H2. The molecule has 1 aromatic rings. The highest BCUT2D eigenvalue weighted by Gasteiger charge is 2.19. The first-order chi connectivity index (χ1) is 8.29. The number of nitriles is 1. The minimum Gasteiger partial charge on any atom is -0.373 e. The van der Waals surface area contributed by atoms with Gasteiger partial charge in [-0.25, -0.2) is 4.98 Å². The first-order valence-corrected chi connectivity index (χ1v) is 6.01. The Labute approximate surface area is 101 Å². The van der Waals surface area contributed by atoms with Gasteiger partial charge in [-0.3, -0.25) is 0 Å². The van der Waals surface area contributed by atoms with Crippen molar-refractivity contribution in [3.8, 4) is 6.07 Å². The molecule has 1 aliphatic carbocycles. The normalized spacial score (nSPS) is 24.2. The van der Waals surface area contributed by atoms with E-state index in [0.29, 0.717) is 18.3 Å². The summed E-state index contributed by atoms with van der Waals surface area (Å²) in [6.07, 6.45) is 6.00. The number of hydrogen-bond donors (Lipinski definition) is 1. The third-order valence-electron chi connectivity index (χ3n) is 3.19. The molecule has 0 bridgehead atoms. The minimum atomic E-state index is 0.279. The Kier molecular flexibility index (Phi) is 4.08. The number of ether oxygens (including phenoxy) is 1. The Morgan fingerprint density at radius 2 is 2.18 bits per heavy atom. The van der Waals surface area contributed by atoms with Crippen molar-refractivity contribution in [2.75, 3.05) is 0 Å². The fraction of sp³-hybridized carbons (Fsp3) is 0.538. The summed E-state index contributed by atoms with van der Waals surface area (Å²) in [4.78, 5) is 4.01.